The number of nitrogens with zero attached hydrogens (tertiary/aromatic N) is 2. The first kappa shape index (κ1) is 32.4. The van der Waals surface area contributed by atoms with Crippen molar-refractivity contribution in [1.82, 2.24) is 15.1 Å². The van der Waals surface area contributed by atoms with Gasteiger partial charge in [-0.3, -0.25) is 19.2 Å². The van der Waals surface area contributed by atoms with Crippen LogP contribution in [0, 0.1) is 17.8 Å². The maximum absolute atomic E-state index is 14.6. The van der Waals surface area contributed by atoms with Gasteiger partial charge in [0.1, 0.15) is 29.8 Å². The van der Waals surface area contributed by atoms with Crippen molar-refractivity contribution in [3.63, 3.8) is 0 Å². The highest BCUT2D eigenvalue weighted by Gasteiger charge is 2.75. The molecule has 2 fully saturated rings. The van der Waals surface area contributed by atoms with Crippen LogP contribution in [0.1, 0.15) is 58.6 Å². The van der Waals surface area contributed by atoms with E-state index < -0.39 is 53.6 Å². The van der Waals surface area contributed by atoms with Gasteiger partial charge < -0.3 is 29.7 Å². The molecule has 238 valence electrons. The quantitative estimate of drug-likeness (QED) is 0.351. The van der Waals surface area contributed by atoms with E-state index in [0.29, 0.717) is 22.9 Å². The molecule has 5 rings (SSSR count). The molecule has 0 unspecified atom stereocenters. The summed E-state index contributed by atoms with van der Waals surface area (Å²) in [6, 6.07) is 7.16. The number of carbonyl (C=O) groups excluding carboxylic acids is 4. The topological polar surface area (TPSA) is 125 Å². The number of esters is 1. The number of aliphatic hydroxyl groups excluding tert-OH is 1. The van der Waals surface area contributed by atoms with Crippen molar-refractivity contribution in [2.75, 3.05) is 19.7 Å². The smallest absolute Gasteiger partial charge is 0.313 e. The van der Waals surface area contributed by atoms with Crippen LogP contribution in [0.15, 0.2) is 53.0 Å². The Morgan fingerprint density at radius 1 is 1.09 bits per heavy atom. The molecule has 10 nitrogen and oxygen atoms in total. The molecular weight excluding hydrogens is 630 g/mol. The van der Waals surface area contributed by atoms with Gasteiger partial charge >= 0.3 is 5.97 Å². The number of hydrogen-bond acceptors (Lipinski definition) is 7. The monoisotopic (exact) mass is 671 g/mol. The molecule has 5 bridgehead atoms. The Kier molecular flexibility index (Phi) is 9.67. The molecule has 2 saturated heterocycles. The highest BCUT2D eigenvalue weighted by Crippen LogP contribution is 2.59. The first-order chi connectivity index (χ1) is 21.0. The number of fused-ring (bicyclic) bond motifs is 2. The Balaban J connectivity index is 1.63. The summed E-state index contributed by atoms with van der Waals surface area (Å²) >= 11 is 3.58. The van der Waals surface area contributed by atoms with Gasteiger partial charge in [0.2, 0.25) is 17.7 Å². The molecule has 0 aromatic heterocycles. The first-order valence-electron chi connectivity index (χ1n) is 15.5. The lowest BCUT2D eigenvalue weighted by Gasteiger charge is -2.41. The van der Waals surface area contributed by atoms with Crippen LogP contribution in [-0.4, -0.2) is 88.1 Å². The molecule has 1 aromatic rings. The third-order valence-electron chi connectivity index (χ3n) is 9.54. The second kappa shape index (κ2) is 13.1. The van der Waals surface area contributed by atoms with E-state index in [1.807, 2.05) is 70.2 Å². The highest BCUT2D eigenvalue weighted by molar-refractivity contribution is 9.11. The van der Waals surface area contributed by atoms with E-state index in [4.69, 9.17) is 9.47 Å². The van der Waals surface area contributed by atoms with Gasteiger partial charge in [0.25, 0.3) is 0 Å². The Labute approximate surface area is 266 Å². The van der Waals surface area contributed by atoms with Crippen LogP contribution in [0.5, 0.6) is 0 Å². The molecule has 4 aliphatic rings. The van der Waals surface area contributed by atoms with Crippen LogP contribution in [0.4, 0.5) is 0 Å². The minimum Gasteiger partial charge on any atom is -0.455 e. The zero-order valence-corrected chi connectivity index (χ0v) is 27.2. The van der Waals surface area contributed by atoms with Crippen molar-refractivity contribution in [2.45, 2.75) is 82.9 Å². The zero-order valence-electron chi connectivity index (χ0n) is 25.6. The third-order valence-corrected chi connectivity index (χ3v) is 10.2. The molecule has 11 heteroatoms. The molecule has 1 spiro atoms. The number of hydrogen-bond donors (Lipinski definition) is 2. The number of carbonyl (C=O) groups is 4. The summed E-state index contributed by atoms with van der Waals surface area (Å²) in [5.74, 6) is -3.76. The van der Waals surface area contributed by atoms with Gasteiger partial charge in [-0.2, -0.15) is 0 Å². The molecular formula is C33H42BrN3O7. The van der Waals surface area contributed by atoms with Crippen molar-refractivity contribution >= 4 is 39.6 Å². The van der Waals surface area contributed by atoms with Crippen LogP contribution in [-0.2, 0) is 28.7 Å². The third kappa shape index (κ3) is 5.63. The number of ether oxygens (including phenoxy) is 2. The zero-order chi connectivity index (χ0) is 31.8. The van der Waals surface area contributed by atoms with Gasteiger partial charge in [-0.1, -0.05) is 78.7 Å². The van der Waals surface area contributed by atoms with E-state index in [2.05, 4.69) is 21.2 Å². The van der Waals surface area contributed by atoms with Crippen LogP contribution in [0.25, 0.3) is 0 Å². The minimum atomic E-state index is -1.43. The standard InChI is InChI=1S/C33H42BrN3O7/c1-5-20(4)23(18-38)37-29-31(41)36(19(2)3)15-11-7-10-14-25(39)35-17-24(21-12-8-6-9-13-21)43-32(42)26-27(30(37)40)33(29)16-22(34)28(26)44-33/h6-9,11-13,16,19-20,23-24,26-29,38H,5,10,14-15,17-18H2,1-4H3,(H,35,39)/b11-7-/t20-,23-,24+,26+,27-,28+,29+,33-/m0/s1. The Bertz CT molecular complexity index is 1330. The Morgan fingerprint density at radius 3 is 2.48 bits per heavy atom. The predicted molar refractivity (Wildman–Crippen MR) is 166 cm³/mol. The number of cyclic esters (lactones) is 1. The van der Waals surface area contributed by atoms with Crippen LogP contribution in [0.2, 0.25) is 0 Å². The fraction of sp³-hybridized carbons (Fsp3) is 0.576. The summed E-state index contributed by atoms with van der Waals surface area (Å²) in [5, 5.41) is 13.5. The number of likely N-dealkylation sites (tertiary alicyclic amines) is 1. The summed E-state index contributed by atoms with van der Waals surface area (Å²) in [5.41, 5.74) is -0.728. The maximum atomic E-state index is 14.6. The second-order valence-electron chi connectivity index (χ2n) is 12.4. The summed E-state index contributed by atoms with van der Waals surface area (Å²) in [6.45, 7) is 7.70. The number of aliphatic hydroxyl groups is 1. The average Bonchev–Trinajstić information content (AvgIpc) is 3.60. The summed E-state index contributed by atoms with van der Waals surface area (Å²) in [7, 11) is 0. The largest absolute Gasteiger partial charge is 0.455 e. The molecule has 8 atom stereocenters. The molecule has 3 amide bonds. The number of nitrogens with one attached hydrogen (secondary N) is 1. The van der Waals surface area contributed by atoms with E-state index in [1.165, 1.54) is 4.90 Å². The highest BCUT2D eigenvalue weighted by atomic mass is 79.9. The maximum Gasteiger partial charge on any atom is 0.313 e. The molecule has 0 radical (unpaired) electrons. The second-order valence-corrected chi connectivity index (χ2v) is 13.4. The van der Waals surface area contributed by atoms with Gasteiger partial charge in [0.05, 0.1) is 25.1 Å². The van der Waals surface area contributed by atoms with E-state index >= 15 is 0 Å². The summed E-state index contributed by atoms with van der Waals surface area (Å²) < 4.78 is 13.3. The van der Waals surface area contributed by atoms with Crippen molar-refractivity contribution < 1.29 is 33.8 Å². The van der Waals surface area contributed by atoms with Crippen molar-refractivity contribution in [3.05, 3.63) is 58.6 Å². The normalized spacial score (nSPS) is 33.2. The van der Waals surface area contributed by atoms with Gasteiger partial charge in [-0.05, 0) is 37.8 Å². The van der Waals surface area contributed by atoms with Crippen molar-refractivity contribution in [1.29, 1.82) is 0 Å². The molecule has 0 aliphatic carbocycles. The molecule has 0 saturated carbocycles. The van der Waals surface area contributed by atoms with Crippen LogP contribution >= 0.6 is 15.9 Å². The van der Waals surface area contributed by atoms with Gasteiger partial charge in [-0.25, -0.2) is 0 Å². The first-order valence-corrected chi connectivity index (χ1v) is 16.3. The minimum absolute atomic E-state index is 0.0618. The number of halogens is 1. The van der Waals surface area contributed by atoms with Crippen molar-refractivity contribution in [3.8, 4) is 0 Å². The van der Waals surface area contributed by atoms with E-state index in [9.17, 15) is 24.3 Å². The van der Waals surface area contributed by atoms with E-state index in [1.54, 1.807) is 11.0 Å². The molecule has 4 aliphatic heterocycles. The van der Waals surface area contributed by atoms with E-state index in [0.717, 1.165) is 0 Å². The molecule has 1 aromatic carbocycles. The molecule has 2 N–H and O–H groups in total. The summed E-state index contributed by atoms with van der Waals surface area (Å²) in [4.78, 5) is 59.2. The van der Waals surface area contributed by atoms with E-state index in [-0.39, 0.29) is 49.9 Å². The van der Waals surface area contributed by atoms with Crippen molar-refractivity contribution in [2.24, 2.45) is 17.8 Å². The average molecular weight is 673 g/mol. The lowest BCUT2D eigenvalue weighted by molar-refractivity contribution is -0.161. The lowest BCUT2D eigenvalue weighted by atomic mass is 9.74. The number of allylic oxidation sites excluding steroid dienone is 1. The van der Waals surface area contributed by atoms with Crippen LogP contribution in [0.3, 0.4) is 0 Å². The SMILES string of the molecule is CC[C@H](C)[C@H](CO)N1C(=O)[C@@H]2[C@H]3C(=O)O[C@@H](c4ccccc4)CNC(=O)CC/C=C\CN(C(C)C)C(=O)[C@@H]1[C@]21C=C(Br)[C@H]3O1. The molecule has 4 heterocycles. The number of benzene rings is 1. The number of rotatable bonds is 6. The van der Waals surface area contributed by atoms with Gasteiger partial charge in [-0.15, -0.1) is 0 Å². The number of amides is 3. The van der Waals surface area contributed by atoms with Crippen LogP contribution < -0.4 is 5.32 Å². The fourth-order valence-electron chi connectivity index (χ4n) is 7.02. The fourth-order valence-corrected chi connectivity index (χ4v) is 7.75. The lowest BCUT2D eigenvalue weighted by Crippen LogP contribution is -2.60. The Morgan fingerprint density at radius 2 is 1.82 bits per heavy atom. The van der Waals surface area contributed by atoms with Gasteiger partial charge in [0, 0.05) is 23.5 Å². The predicted octanol–water partition coefficient (Wildman–Crippen LogP) is 3.25. The molecule has 44 heavy (non-hydrogen) atoms. The van der Waals surface area contributed by atoms with Gasteiger partial charge in [0.15, 0.2) is 0 Å². The Hall–Kier alpha value is -3.02. The summed E-state index contributed by atoms with van der Waals surface area (Å²) in [6.07, 6.45) is 5.25.